The number of benzene rings is 10. The summed E-state index contributed by atoms with van der Waals surface area (Å²) in [7, 11) is 0. The molecule has 0 amide bonds. The highest BCUT2D eigenvalue weighted by atomic mass is 15.1. The normalized spacial score (nSPS) is 15.4. The summed E-state index contributed by atoms with van der Waals surface area (Å²) in [6, 6.07) is 75.0. The average Bonchev–Trinajstić information content (AvgIpc) is 4.01. The molecule has 1 spiro atoms. The number of fused-ring (bicyclic) bond motifs is 13. The van der Waals surface area contributed by atoms with Gasteiger partial charge >= 0.3 is 0 Å². The molecule has 0 fully saturated rings. The van der Waals surface area contributed by atoms with Gasteiger partial charge in [-0.1, -0.05) is 152 Å². The summed E-state index contributed by atoms with van der Waals surface area (Å²) < 4.78 is 46.4. The first-order valence-electron chi connectivity index (χ1n) is 24.2. The van der Waals surface area contributed by atoms with E-state index < -0.39 is 11.5 Å². The molecule has 0 radical (unpaired) electrons. The maximum absolute atomic E-state index is 9.15. The quantitative estimate of drug-likeness (QED) is 0.159. The fourth-order valence-electron chi connectivity index (χ4n) is 10.7. The first kappa shape index (κ1) is 31.4. The Hall–Kier alpha value is -8.40. The van der Waals surface area contributed by atoms with Crippen LogP contribution in [-0.4, -0.2) is 4.57 Å². The summed E-state index contributed by atoms with van der Waals surface area (Å²) in [5.74, 6) is 0. The van der Waals surface area contributed by atoms with Crippen LogP contribution >= 0.6 is 0 Å². The summed E-state index contributed by atoms with van der Waals surface area (Å²) in [6.07, 6.45) is 0. The molecule has 0 aliphatic heterocycles. The number of hydrogen-bond acceptors (Lipinski definition) is 2. The van der Waals surface area contributed by atoms with E-state index in [0.29, 0.717) is 11.4 Å². The monoisotopic (exact) mass is 820 g/mol. The van der Waals surface area contributed by atoms with Crippen molar-refractivity contribution in [3.63, 3.8) is 0 Å². The van der Waals surface area contributed by atoms with Gasteiger partial charge in [0.15, 0.2) is 0 Å². The van der Waals surface area contributed by atoms with Crippen molar-refractivity contribution in [1.82, 2.24) is 4.57 Å². The zero-order valence-electron chi connectivity index (χ0n) is 39.6. The van der Waals surface area contributed by atoms with E-state index in [1.807, 2.05) is 41.3 Å². The Labute approximate surface area is 380 Å². The Balaban J connectivity index is 1.03. The van der Waals surface area contributed by atoms with E-state index in [2.05, 4.69) is 191 Å². The SMILES string of the molecule is [2H]c1c([2H])c([2H])c(N(c2ccccc2)c2ccc3c(c2)C2(c4ccccc4-c4cc(N(c5ccccc5)c5ccc6c(c5)c5ccccc5n6-c5ccccc5)ccc42)c2ccccc2-3)c([2H])c1[2H]. The number of hydrogen-bond donors (Lipinski definition) is 0. The molecule has 11 aromatic rings. The lowest BCUT2D eigenvalue weighted by Gasteiger charge is -2.32. The third-order valence-electron chi connectivity index (χ3n) is 13.2. The van der Waals surface area contributed by atoms with Gasteiger partial charge in [-0.3, -0.25) is 0 Å². The maximum Gasteiger partial charge on any atom is 0.0726 e. The van der Waals surface area contributed by atoms with Gasteiger partial charge < -0.3 is 14.4 Å². The molecule has 1 heterocycles. The van der Waals surface area contributed by atoms with Gasteiger partial charge in [0.05, 0.1) is 23.3 Å². The molecule has 1 aromatic heterocycles. The number of para-hydroxylation sites is 5. The third kappa shape index (κ3) is 5.28. The van der Waals surface area contributed by atoms with Crippen LogP contribution in [0.5, 0.6) is 0 Å². The molecule has 10 aromatic carbocycles. The van der Waals surface area contributed by atoms with Gasteiger partial charge in [0, 0.05) is 50.6 Å². The minimum Gasteiger partial charge on any atom is -0.310 e. The number of aromatic nitrogens is 1. The fourth-order valence-corrected chi connectivity index (χ4v) is 10.7. The van der Waals surface area contributed by atoms with Crippen LogP contribution in [0, 0.1) is 0 Å². The Morgan fingerprint density at radius 3 is 1.55 bits per heavy atom. The van der Waals surface area contributed by atoms with Gasteiger partial charge in [0.25, 0.3) is 0 Å². The summed E-state index contributed by atoms with van der Waals surface area (Å²) in [4.78, 5) is 4.17. The fraction of sp³-hybridized carbons (Fsp3) is 0.0164. The molecular formula is C61H41N3. The van der Waals surface area contributed by atoms with Crippen LogP contribution in [0.25, 0.3) is 49.7 Å². The van der Waals surface area contributed by atoms with Crippen LogP contribution in [0.4, 0.5) is 34.1 Å². The molecule has 3 nitrogen and oxygen atoms in total. The van der Waals surface area contributed by atoms with E-state index in [1.165, 1.54) is 16.3 Å². The highest BCUT2D eigenvalue weighted by molar-refractivity contribution is 6.11. The predicted octanol–water partition coefficient (Wildman–Crippen LogP) is 16.1. The van der Waals surface area contributed by atoms with Gasteiger partial charge in [-0.25, -0.2) is 0 Å². The minimum atomic E-state index is -0.732. The van der Waals surface area contributed by atoms with Crippen molar-refractivity contribution < 1.29 is 6.85 Å². The van der Waals surface area contributed by atoms with E-state index in [-0.39, 0.29) is 29.9 Å². The van der Waals surface area contributed by atoms with Crippen LogP contribution in [-0.2, 0) is 5.41 Å². The van der Waals surface area contributed by atoms with Gasteiger partial charge in [-0.2, -0.15) is 0 Å². The molecule has 0 saturated carbocycles. The second-order valence-electron chi connectivity index (χ2n) is 16.5. The lowest BCUT2D eigenvalue weighted by atomic mass is 9.70. The molecule has 2 aliphatic carbocycles. The first-order chi connectivity index (χ1) is 33.8. The Kier molecular flexibility index (Phi) is 7.04. The summed E-state index contributed by atoms with van der Waals surface area (Å²) in [5.41, 5.74) is 16.3. The standard InChI is InChI=1S/C61H41N3/c1-5-19-42(20-6-1)62(43-21-7-2-8-22-43)48-33-36-51-49-27-13-16-30-55(49)61(58(51)41-48)56-31-17-14-28-50(56)53-39-46(34-37-57(53)61)63(44-23-9-3-10-24-44)47-35-38-60-54(40-47)52-29-15-18-32-59(52)64(60)45-25-11-4-12-26-45/h1-41H/i1D,5D,6D,19D,20D. The van der Waals surface area contributed by atoms with E-state index in [1.54, 1.807) is 0 Å². The van der Waals surface area contributed by atoms with Gasteiger partial charge in [0.1, 0.15) is 0 Å². The van der Waals surface area contributed by atoms with E-state index in [9.17, 15) is 0 Å². The minimum absolute atomic E-state index is 0.0948. The van der Waals surface area contributed by atoms with Crippen LogP contribution in [0.1, 0.15) is 29.1 Å². The number of rotatable bonds is 7. The highest BCUT2D eigenvalue weighted by Gasteiger charge is 2.52. The lowest BCUT2D eigenvalue weighted by Crippen LogP contribution is -2.26. The molecule has 3 heteroatoms. The highest BCUT2D eigenvalue weighted by Crippen LogP contribution is 2.64. The first-order valence-corrected chi connectivity index (χ1v) is 21.7. The van der Waals surface area contributed by atoms with Crippen LogP contribution in [0.3, 0.4) is 0 Å². The average molecular weight is 821 g/mol. The molecule has 13 rings (SSSR count). The summed E-state index contributed by atoms with van der Waals surface area (Å²) >= 11 is 0. The van der Waals surface area contributed by atoms with Crippen molar-refractivity contribution in [2.24, 2.45) is 0 Å². The van der Waals surface area contributed by atoms with Crippen molar-refractivity contribution in [3.8, 4) is 27.9 Å². The van der Waals surface area contributed by atoms with Crippen LogP contribution < -0.4 is 9.80 Å². The summed E-state index contributed by atoms with van der Waals surface area (Å²) in [5, 5.41) is 2.35. The topological polar surface area (TPSA) is 11.4 Å². The number of anilines is 6. The molecule has 300 valence electrons. The molecule has 0 N–H and O–H groups in total. The Morgan fingerprint density at radius 1 is 0.328 bits per heavy atom. The van der Waals surface area contributed by atoms with E-state index in [0.717, 1.165) is 72.7 Å². The molecular weight excluding hydrogens is 775 g/mol. The predicted molar refractivity (Wildman–Crippen MR) is 266 cm³/mol. The van der Waals surface area contributed by atoms with Crippen LogP contribution in [0.2, 0.25) is 0 Å². The Morgan fingerprint density at radius 2 is 0.828 bits per heavy atom. The maximum atomic E-state index is 9.15. The van der Waals surface area contributed by atoms with Crippen molar-refractivity contribution in [2.45, 2.75) is 5.41 Å². The van der Waals surface area contributed by atoms with Gasteiger partial charge in [0.2, 0.25) is 0 Å². The molecule has 64 heavy (non-hydrogen) atoms. The second-order valence-corrected chi connectivity index (χ2v) is 16.5. The van der Waals surface area contributed by atoms with Gasteiger partial charge in [-0.05, 0) is 142 Å². The zero-order valence-corrected chi connectivity index (χ0v) is 34.6. The molecule has 1 unspecified atom stereocenters. The largest absolute Gasteiger partial charge is 0.310 e. The van der Waals surface area contributed by atoms with Crippen molar-refractivity contribution in [2.75, 3.05) is 9.80 Å². The van der Waals surface area contributed by atoms with Crippen molar-refractivity contribution >= 4 is 55.9 Å². The van der Waals surface area contributed by atoms with Gasteiger partial charge in [-0.15, -0.1) is 0 Å². The molecule has 1 atom stereocenters. The van der Waals surface area contributed by atoms with E-state index >= 15 is 0 Å². The number of nitrogens with zero attached hydrogens (tertiary/aromatic N) is 3. The zero-order chi connectivity index (χ0) is 46.5. The third-order valence-corrected chi connectivity index (χ3v) is 13.2. The second kappa shape index (κ2) is 14.3. The van der Waals surface area contributed by atoms with Crippen molar-refractivity contribution in [1.29, 1.82) is 0 Å². The van der Waals surface area contributed by atoms with Crippen LogP contribution in [0.15, 0.2) is 249 Å². The molecule has 0 bridgehead atoms. The van der Waals surface area contributed by atoms with Crippen molar-refractivity contribution in [3.05, 3.63) is 271 Å². The Bertz CT molecular complexity index is 3840. The molecule has 2 aliphatic rings. The smallest absolute Gasteiger partial charge is 0.0726 e. The van der Waals surface area contributed by atoms with E-state index in [4.69, 9.17) is 6.85 Å². The summed E-state index contributed by atoms with van der Waals surface area (Å²) in [6.45, 7) is 0. The molecule has 0 saturated heterocycles. The lowest BCUT2D eigenvalue weighted by molar-refractivity contribution is 0.793.